The minimum Gasteiger partial charge on any atom is -0.505 e. The Labute approximate surface area is 157 Å². The summed E-state index contributed by atoms with van der Waals surface area (Å²) in [7, 11) is -3.89. The highest BCUT2D eigenvalue weighted by molar-refractivity contribution is 14.1. The van der Waals surface area contributed by atoms with Crippen LogP contribution in [0.1, 0.15) is 5.56 Å². The molecule has 0 spiro atoms. The van der Waals surface area contributed by atoms with E-state index in [4.69, 9.17) is 11.6 Å². The molecule has 0 atom stereocenters. The topological polar surface area (TPSA) is 79.3 Å². The third-order valence-corrected chi connectivity index (χ3v) is 5.90. The van der Waals surface area contributed by atoms with Gasteiger partial charge in [-0.15, -0.1) is 0 Å². The number of anilines is 1. The fraction of sp³-hybridized carbons (Fsp3) is 0.0625. The molecule has 3 aromatic rings. The number of halogens is 2. The molecular weight excluding hydrogens is 463 g/mol. The number of hydrogen-bond donors (Lipinski definition) is 2. The summed E-state index contributed by atoms with van der Waals surface area (Å²) in [6.07, 6.45) is 0. The molecule has 0 fully saturated rings. The average Bonchev–Trinajstić information content (AvgIpc) is 2.54. The van der Waals surface area contributed by atoms with Crippen molar-refractivity contribution < 1.29 is 13.5 Å². The number of aromatic nitrogens is 1. The minimum absolute atomic E-state index is 0.0945. The summed E-state index contributed by atoms with van der Waals surface area (Å²) in [5.74, 6) is -0.0945. The van der Waals surface area contributed by atoms with Crippen molar-refractivity contribution in [1.29, 1.82) is 0 Å². The number of nitrogens with one attached hydrogen (secondary N) is 1. The highest BCUT2D eigenvalue weighted by atomic mass is 127. The van der Waals surface area contributed by atoms with E-state index in [0.717, 1.165) is 5.56 Å². The van der Waals surface area contributed by atoms with Crippen LogP contribution < -0.4 is 4.72 Å². The number of rotatable bonds is 3. The Morgan fingerprint density at radius 1 is 1.21 bits per heavy atom. The normalized spacial score (nSPS) is 11.6. The first-order valence-corrected chi connectivity index (χ1v) is 9.80. The Morgan fingerprint density at radius 3 is 2.62 bits per heavy atom. The number of aromatic hydroxyl groups is 1. The van der Waals surface area contributed by atoms with Gasteiger partial charge in [0.1, 0.15) is 5.52 Å². The molecule has 5 nitrogen and oxygen atoms in total. The zero-order chi connectivity index (χ0) is 17.5. The van der Waals surface area contributed by atoms with Crippen LogP contribution in [-0.2, 0) is 10.0 Å². The Balaban J connectivity index is 2.12. The lowest BCUT2D eigenvalue weighted by molar-refractivity contribution is 0.476. The molecule has 0 aliphatic carbocycles. The summed E-state index contributed by atoms with van der Waals surface area (Å²) in [5, 5.41) is 10.9. The Morgan fingerprint density at radius 2 is 1.92 bits per heavy atom. The van der Waals surface area contributed by atoms with Crippen molar-refractivity contribution in [1.82, 2.24) is 4.98 Å². The van der Waals surface area contributed by atoms with E-state index in [1.807, 2.05) is 28.7 Å². The summed E-state index contributed by atoms with van der Waals surface area (Å²) in [4.78, 5) is 4.10. The van der Waals surface area contributed by atoms with E-state index in [0.29, 0.717) is 19.7 Å². The van der Waals surface area contributed by atoms with E-state index in [1.165, 1.54) is 12.1 Å². The molecule has 0 radical (unpaired) electrons. The number of benzene rings is 2. The van der Waals surface area contributed by atoms with Crippen molar-refractivity contribution >= 4 is 60.8 Å². The lowest BCUT2D eigenvalue weighted by Gasteiger charge is -2.11. The van der Waals surface area contributed by atoms with Crippen molar-refractivity contribution in [3.05, 3.63) is 56.6 Å². The number of para-hydroxylation sites is 1. The van der Waals surface area contributed by atoms with Crippen LogP contribution in [0.4, 0.5) is 5.69 Å². The number of fused-ring (bicyclic) bond motifs is 1. The molecule has 0 saturated heterocycles. The molecule has 0 aliphatic rings. The van der Waals surface area contributed by atoms with Crippen molar-refractivity contribution in [2.75, 3.05) is 4.72 Å². The van der Waals surface area contributed by atoms with Gasteiger partial charge in [0.15, 0.2) is 10.8 Å². The standard InChI is InChI=1S/C16H12ClIN2O3S/c1-9-4-2-3-5-13(9)20-24(22,23)14-7-6-10-11(17)8-12(18)16(21)15(10)19-14/h2-8,20-21H,1H3. The largest absolute Gasteiger partial charge is 0.505 e. The van der Waals surface area contributed by atoms with Gasteiger partial charge in [-0.25, -0.2) is 4.98 Å². The van der Waals surface area contributed by atoms with Crippen molar-refractivity contribution in [3.63, 3.8) is 0 Å². The van der Waals surface area contributed by atoms with Gasteiger partial charge < -0.3 is 5.11 Å². The van der Waals surface area contributed by atoms with Crippen LogP contribution in [0.25, 0.3) is 10.9 Å². The van der Waals surface area contributed by atoms with E-state index in [9.17, 15) is 13.5 Å². The summed E-state index contributed by atoms with van der Waals surface area (Å²) in [6, 6.07) is 11.5. The number of hydrogen-bond acceptors (Lipinski definition) is 4. The predicted octanol–water partition coefficient (Wildman–Crippen LogP) is 4.31. The van der Waals surface area contributed by atoms with Crippen LogP contribution in [0.5, 0.6) is 5.75 Å². The third kappa shape index (κ3) is 3.15. The summed E-state index contributed by atoms with van der Waals surface area (Å²) < 4.78 is 28.2. The highest BCUT2D eigenvalue weighted by Gasteiger charge is 2.19. The second-order valence-electron chi connectivity index (χ2n) is 5.15. The van der Waals surface area contributed by atoms with E-state index >= 15 is 0 Å². The molecular formula is C16H12ClIN2O3S. The van der Waals surface area contributed by atoms with Gasteiger partial charge in [-0.05, 0) is 59.3 Å². The molecule has 124 valence electrons. The van der Waals surface area contributed by atoms with Gasteiger partial charge in [0.05, 0.1) is 14.3 Å². The zero-order valence-electron chi connectivity index (χ0n) is 12.4. The predicted molar refractivity (Wildman–Crippen MR) is 103 cm³/mol. The number of phenols is 1. The van der Waals surface area contributed by atoms with Crippen molar-refractivity contribution in [3.8, 4) is 5.75 Å². The quantitative estimate of drug-likeness (QED) is 0.555. The molecule has 0 bridgehead atoms. The van der Waals surface area contributed by atoms with Crippen LogP contribution in [0.2, 0.25) is 5.02 Å². The SMILES string of the molecule is Cc1ccccc1NS(=O)(=O)c1ccc2c(Cl)cc(I)c(O)c2n1. The van der Waals surface area contributed by atoms with Gasteiger partial charge in [0.25, 0.3) is 10.0 Å². The van der Waals surface area contributed by atoms with Gasteiger partial charge in [-0.3, -0.25) is 4.72 Å². The molecule has 0 saturated carbocycles. The van der Waals surface area contributed by atoms with E-state index in [1.54, 1.807) is 31.2 Å². The van der Waals surface area contributed by atoms with Crippen molar-refractivity contribution in [2.45, 2.75) is 11.9 Å². The van der Waals surface area contributed by atoms with Crippen LogP contribution in [-0.4, -0.2) is 18.5 Å². The summed E-state index contributed by atoms with van der Waals surface area (Å²) in [5.41, 5.74) is 1.42. The highest BCUT2D eigenvalue weighted by Crippen LogP contribution is 2.34. The molecule has 2 N–H and O–H groups in total. The maximum atomic E-state index is 12.6. The molecule has 1 aromatic heterocycles. The fourth-order valence-electron chi connectivity index (χ4n) is 2.22. The molecule has 24 heavy (non-hydrogen) atoms. The van der Waals surface area contributed by atoms with Gasteiger partial charge >= 0.3 is 0 Å². The second-order valence-corrected chi connectivity index (χ2v) is 8.35. The van der Waals surface area contributed by atoms with Gasteiger partial charge in [-0.2, -0.15) is 8.42 Å². The number of pyridine rings is 1. The van der Waals surface area contributed by atoms with E-state index in [2.05, 4.69) is 9.71 Å². The number of phenolic OH excluding ortho intramolecular Hbond substituents is 1. The lowest BCUT2D eigenvalue weighted by Crippen LogP contribution is -2.15. The molecule has 3 rings (SSSR count). The first kappa shape index (κ1) is 17.2. The maximum Gasteiger partial charge on any atom is 0.279 e. The second kappa shape index (κ2) is 6.38. The first-order valence-electron chi connectivity index (χ1n) is 6.86. The summed E-state index contributed by atoms with van der Waals surface area (Å²) >= 11 is 8.04. The van der Waals surface area contributed by atoms with Gasteiger partial charge in [-0.1, -0.05) is 29.8 Å². The van der Waals surface area contributed by atoms with Crippen molar-refractivity contribution in [2.24, 2.45) is 0 Å². The molecule has 2 aromatic carbocycles. The number of sulfonamides is 1. The summed E-state index contributed by atoms with van der Waals surface area (Å²) in [6.45, 7) is 1.81. The Bertz CT molecular complexity index is 1050. The zero-order valence-corrected chi connectivity index (χ0v) is 16.1. The fourth-order valence-corrected chi connectivity index (χ4v) is 4.31. The maximum absolute atomic E-state index is 12.6. The third-order valence-electron chi connectivity index (χ3n) is 3.50. The lowest BCUT2D eigenvalue weighted by atomic mass is 10.2. The van der Waals surface area contributed by atoms with Gasteiger partial charge in [0, 0.05) is 5.39 Å². The molecule has 0 unspecified atom stereocenters. The molecule has 0 aliphatic heterocycles. The van der Waals surface area contributed by atoms with Crippen LogP contribution in [0.15, 0.2) is 47.5 Å². The van der Waals surface area contributed by atoms with Crippen LogP contribution in [0.3, 0.4) is 0 Å². The van der Waals surface area contributed by atoms with Crippen LogP contribution >= 0.6 is 34.2 Å². The number of nitrogens with zero attached hydrogens (tertiary/aromatic N) is 1. The average molecular weight is 475 g/mol. The smallest absolute Gasteiger partial charge is 0.279 e. The molecule has 1 heterocycles. The molecule has 8 heteroatoms. The van der Waals surface area contributed by atoms with Crippen LogP contribution in [0, 0.1) is 10.5 Å². The number of aryl methyl sites for hydroxylation is 1. The Hall–Kier alpha value is -1.58. The Kier molecular flexibility index (Phi) is 4.58. The molecule has 0 amide bonds. The monoisotopic (exact) mass is 474 g/mol. The minimum atomic E-state index is -3.89. The van der Waals surface area contributed by atoms with Gasteiger partial charge in [0.2, 0.25) is 0 Å². The first-order chi connectivity index (χ1) is 11.3. The van der Waals surface area contributed by atoms with E-state index < -0.39 is 10.0 Å². The van der Waals surface area contributed by atoms with E-state index in [-0.39, 0.29) is 16.3 Å².